The van der Waals surface area contributed by atoms with E-state index in [0.717, 1.165) is 48.5 Å². The van der Waals surface area contributed by atoms with Crippen LogP contribution in [-0.2, 0) is 0 Å². The molecule has 3 aromatic heterocycles. The van der Waals surface area contributed by atoms with Crippen molar-refractivity contribution in [3.8, 4) is 22.8 Å². The van der Waals surface area contributed by atoms with Crippen molar-refractivity contribution in [2.75, 3.05) is 27.2 Å². The predicted molar refractivity (Wildman–Crippen MR) is 122 cm³/mol. The molecule has 0 radical (unpaired) electrons. The lowest BCUT2D eigenvalue weighted by molar-refractivity contribution is 0.114. The van der Waals surface area contributed by atoms with E-state index < -0.39 is 0 Å². The van der Waals surface area contributed by atoms with Crippen LogP contribution in [0.1, 0.15) is 38.2 Å². The number of hydrogen-bond donors (Lipinski definition) is 1. The van der Waals surface area contributed by atoms with Crippen LogP contribution in [0, 0.1) is 0 Å². The molecule has 0 aliphatic carbocycles. The Bertz CT molecular complexity index is 1220. The van der Waals surface area contributed by atoms with Gasteiger partial charge in [-0.25, -0.2) is 9.50 Å². The van der Waals surface area contributed by atoms with Crippen LogP contribution in [0.3, 0.4) is 0 Å². The summed E-state index contributed by atoms with van der Waals surface area (Å²) in [5.41, 5.74) is 5.18. The summed E-state index contributed by atoms with van der Waals surface area (Å²) in [6.45, 7) is 6.62. The zero-order valence-corrected chi connectivity index (χ0v) is 18.6. The number of nitrogens with one attached hydrogen (secondary N) is 1. The topological polar surface area (TPSA) is 67.7 Å². The number of piperidine rings is 1. The van der Waals surface area contributed by atoms with Crippen LogP contribution in [0.5, 0.6) is 11.5 Å². The molecule has 1 aliphatic heterocycles. The van der Waals surface area contributed by atoms with Crippen molar-refractivity contribution in [2.45, 2.75) is 38.7 Å². The summed E-state index contributed by atoms with van der Waals surface area (Å²) in [6.07, 6.45) is 5.97. The standard InChI is InChI=1S/C24H29N5O2/c1-15(2)22-19-12-18(31-17-7-9-28(3)10-8-17)5-6-20(19)27-23(22)16-11-21(30-4)24-25-14-26-29(24)13-16/h5-6,11-15,17,27H,7-10H2,1-4H3. The molecule has 162 valence electrons. The highest BCUT2D eigenvalue weighted by atomic mass is 16.5. The largest absolute Gasteiger partial charge is 0.493 e. The first kappa shape index (κ1) is 19.9. The second kappa shape index (κ2) is 7.89. The predicted octanol–water partition coefficient (Wildman–Crippen LogP) is 4.48. The minimum absolute atomic E-state index is 0.286. The van der Waals surface area contributed by atoms with Gasteiger partial charge in [0.05, 0.1) is 12.8 Å². The maximum Gasteiger partial charge on any atom is 0.197 e. The first-order valence-electron chi connectivity index (χ1n) is 10.9. The van der Waals surface area contributed by atoms with E-state index in [-0.39, 0.29) is 6.10 Å². The molecule has 0 saturated carbocycles. The highest BCUT2D eigenvalue weighted by Crippen LogP contribution is 2.38. The van der Waals surface area contributed by atoms with E-state index >= 15 is 0 Å². The Labute approximate surface area is 182 Å². The van der Waals surface area contributed by atoms with Crippen LogP contribution in [0.2, 0.25) is 0 Å². The summed E-state index contributed by atoms with van der Waals surface area (Å²) < 4.78 is 13.7. The van der Waals surface area contributed by atoms with Crippen molar-refractivity contribution in [1.29, 1.82) is 0 Å². The van der Waals surface area contributed by atoms with E-state index in [1.807, 2.05) is 12.3 Å². The van der Waals surface area contributed by atoms with E-state index in [1.54, 1.807) is 18.0 Å². The van der Waals surface area contributed by atoms with Crippen molar-refractivity contribution < 1.29 is 9.47 Å². The first-order chi connectivity index (χ1) is 15.0. The van der Waals surface area contributed by atoms with Crippen LogP contribution in [0.4, 0.5) is 0 Å². The Balaban J connectivity index is 1.57. The SMILES string of the molecule is COc1cc(-c2[nH]c3ccc(OC4CCN(C)CC4)cc3c2C(C)C)cn2ncnc12. The molecule has 0 atom stereocenters. The Kier molecular flexibility index (Phi) is 5.06. The van der Waals surface area contributed by atoms with E-state index in [0.29, 0.717) is 17.3 Å². The number of ether oxygens (including phenoxy) is 2. The lowest BCUT2D eigenvalue weighted by Gasteiger charge is -2.29. The van der Waals surface area contributed by atoms with Gasteiger partial charge in [0.25, 0.3) is 0 Å². The third-order valence-corrected chi connectivity index (χ3v) is 6.21. The average molecular weight is 420 g/mol. The van der Waals surface area contributed by atoms with E-state index in [1.165, 1.54) is 10.9 Å². The highest BCUT2D eigenvalue weighted by Gasteiger charge is 2.21. The summed E-state index contributed by atoms with van der Waals surface area (Å²) >= 11 is 0. The molecule has 0 unspecified atom stereocenters. The Morgan fingerprint density at radius 1 is 1.16 bits per heavy atom. The molecule has 7 heteroatoms. The molecule has 5 rings (SSSR count). The molecular formula is C24H29N5O2. The van der Waals surface area contributed by atoms with Crippen LogP contribution in [0.25, 0.3) is 27.8 Å². The quantitative estimate of drug-likeness (QED) is 0.516. The van der Waals surface area contributed by atoms with Gasteiger partial charge in [0.15, 0.2) is 11.4 Å². The van der Waals surface area contributed by atoms with Crippen molar-refractivity contribution in [2.24, 2.45) is 0 Å². The number of fused-ring (bicyclic) bond motifs is 2. The minimum Gasteiger partial charge on any atom is -0.493 e. The van der Waals surface area contributed by atoms with E-state index in [4.69, 9.17) is 9.47 Å². The summed E-state index contributed by atoms with van der Waals surface area (Å²) in [5.74, 6) is 1.98. The molecule has 0 spiro atoms. The maximum absolute atomic E-state index is 6.36. The fourth-order valence-electron chi connectivity index (χ4n) is 4.57. The molecule has 1 aromatic carbocycles. The number of methoxy groups -OCH3 is 1. The Hall–Kier alpha value is -3.06. The second-order valence-corrected chi connectivity index (χ2v) is 8.72. The van der Waals surface area contributed by atoms with Crippen LogP contribution in [0.15, 0.2) is 36.8 Å². The number of benzene rings is 1. The van der Waals surface area contributed by atoms with Crippen LogP contribution in [-0.4, -0.2) is 57.8 Å². The number of rotatable bonds is 5. The second-order valence-electron chi connectivity index (χ2n) is 8.72. The van der Waals surface area contributed by atoms with Gasteiger partial charge in [0.2, 0.25) is 0 Å². The van der Waals surface area contributed by atoms with Gasteiger partial charge >= 0.3 is 0 Å². The number of aromatic amines is 1. The van der Waals surface area contributed by atoms with Gasteiger partial charge < -0.3 is 19.4 Å². The number of H-pyrrole nitrogens is 1. The molecule has 1 saturated heterocycles. The smallest absolute Gasteiger partial charge is 0.197 e. The van der Waals surface area contributed by atoms with Crippen molar-refractivity contribution in [3.63, 3.8) is 0 Å². The van der Waals surface area contributed by atoms with Crippen LogP contribution < -0.4 is 9.47 Å². The molecule has 1 N–H and O–H groups in total. The highest BCUT2D eigenvalue weighted by molar-refractivity contribution is 5.92. The summed E-state index contributed by atoms with van der Waals surface area (Å²) in [4.78, 5) is 10.3. The molecule has 4 heterocycles. The summed E-state index contributed by atoms with van der Waals surface area (Å²) in [5, 5.41) is 5.52. The molecule has 1 fully saturated rings. The average Bonchev–Trinajstić information content (AvgIpc) is 3.38. The number of nitrogens with zero attached hydrogens (tertiary/aromatic N) is 4. The van der Waals surface area contributed by atoms with Gasteiger partial charge in [-0.05, 0) is 55.6 Å². The molecule has 31 heavy (non-hydrogen) atoms. The van der Waals surface area contributed by atoms with Gasteiger partial charge in [-0.15, -0.1) is 0 Å². The van der Waals surface area contributed by atoms with Gasteiger partial charge in [0, 0.05) is 35.8 Å². The van der Waals surface area contributed by atoms with Gasteiger partial charge in [-0.1, -0.05) is 13.8 Å². The van der Waals surface area contributed by atoms with Gasteiger partial charge in [-0.3, -0.25) is 0 Å². The van der Waals surface area contributed by atoms with E-state index in [2.05, 4.69) is 59.1 Å². The van der Waals surface area contributed by atoms with Crippen molar-refractivity contribution in [3.05, 3.63) is 42.4 Å². The zero-order chi connectivity index (χ0) is 21.5. The third-order valence-electron chi connectivity index (χ3n) is 6.21. The van der Waals surface area contributed by atoms with Gasteiger partial charge in [0.1, 0.15) is 18.2 Å². The van der Waals surface area contributed by atoms with E-state index in [9.17, 15) is 0 Å². The number of pyridine rings is 1. The molecule has 0 bridgehead atoms. The monoisotopic (exact) mass is 419 g/mol. The maximum atomic E-state index is 6.36. The fraction of sp³-hybridized carbons (Fsp3) is 0.417. The fourth-order valence-corrected chi connectivity index (χ4v) is 4.57. The van der Waals surface area contributed by atoms with Crippen molar-refractivity contribution >= 4 is 16.6 Å². The molecule has 4 aromatic rings. The molecule has 0 amide bonds. The summed E-state index contributed by atoms with van der Waals surface area (Å²) in [7, 11) is 3.83. The Morgan fingerprint density at radius 2 is 1.97 bits per heavy atom. The number of likely N-dealkylation sites (tertiary alicyclic amines) is 1. The first-order valence-corrected chi connectivity index (χ1v) is 10.9. The zero-order valence-electron chi connectivity index (χ0n) is 18.6. The minimum atomic E-state index is 0.286. The lowest BCUT2D eigenvalue weighted by atomic mass is 9.96. The number of aromatic nitrogens is 4. The normalized spacial score (nSPS) is 15.9. The van der Waals surface area contributed by atoms with Crippen LogP contribution >= 0.6 is 0 Å². The Morgan fingerprint density at radius 3 is 2.71 bits per heavy atom. The third kappa shape index (κ3) is 3.63. The molecule has 7 nitrogen and oxygen atoms in total. The molecule has 1 aliphatic rings. The number of hydrogen-bond acceptors (Lipinski definition) is 5. The van der Waals surface area contributed by atoms with Crippen molar-refractivity contribution in [1.82, 2.24) is 24.5 Å². The summed E-state index contributed by atoms with van der Waals surface area (Å²) in [6, 6.07) is 8.41. The lowest BCUT2D eigenvalue weighted by Crippen LogP contribution is -2.35. The molecular weight excluding hydrogens is 390 g/mol. The van der Waals surface area contributed by atoms with Gasteiger partial charge in [-0.2, -0.15) is 5.10 Å².